The molecule has 0 fully saturated rings. The van der Waals surface area contributed by atoms with Gasteiger partial charge >= 0.3 is 0 Å². The summed E-state index contributed by atoms with van der Waals surface area (Å²) >= 11 is 0. The summed E-state index contributed by atoms with van der Waals surface area (Å²) in [5, 5.41) is 8.36. The van der Waals surface area contributed by atoms with Crippen molar-refractivity contribution in [3.05, 3.63) is 0 Å². The van der Waals surface area contributed by atoms with Crippen LogP contribution in [0.1, 0.15) is 39.5 Å². The summed E-state index contributed by atoms with van der Waals surface area (Å²) in [7, 11) is 0. The van der Waals surface area contributed by atoms with E-state index < -0.39 is 0 Å². The van der Waals surface area contributed by atoms with Gasteiger partial charge in [0.05, 0.1) is 6.07 Å². The summed E-state index contributed by atoms with van der Waals surface area (Å²) in [4.78, 5) is 2.42. The molecule has 0 rings (SSSR count). The zero-order chi connectivity index (χ0) is 9.23. The minimum absolute atomic E-state index is 0.697. The Bertz CT molecular complexity index is 126. The third-order valence-electron chi connectivity index (χ3n) is 2.04. The van der Waals surface area contributed by atoms with E-state index in [1.165, 1.54) is 19.4 Å². The van der Waals surface area contributed by atoms with Gasteiger partial charge in [0.15, 0.2) is 0 Å². The van der Waals surface area contributed by atoms with Crippen LogP contribution in [0.4, 0.5) is 0 Å². The third-order valence-corrected chi connectivity index (χ3v) is 2.04. The van der Waals surface area contributed by atoms with E-state index in [4.69, 9.17) is 5.26 Å². The molecule has 0 heterocycles. The zero-order valence-electron chi connectivity index (χ0n) is 8.34. The highest BCUT2D eigenvalue weighted by atomic mass is 15.1. The van der Waals surface area contributed by atoms with Crippen molar-refractivity contribution in [2.24, 2.45) is 0 Å². The summed E-state index contributed by atoms with van der Waals surface area (Å²) in [6.07, 6.45) is 4.26. The Morgan fingerprint density at radius 2 is 1.83 bits per heavy atom. The van der Waals surface area contributed by atoms with E-state index in [1.54, 1.807) is 0 Å². The molecule has 0 radical (unpaired) electrons. The summed E-state index contributed by atoms with van der Waals surface area (Å²) in [6, 6.07) is 2.18. The van der Waals surface area contributed by atoms with Gasteiger partial charge in [-0.15, -0.1) is 0 Å². The minimum atomic E-state index is 0.697. The highest BCUT2D eigenvalue weighted by Crippen LogP contribution is 1.97. The molecule has 0 atom stereocenters. The van der Waals surface area contributed by atoms with Crippen molar-refractivity contribution in [2.45, 2.75) is 39.5 Å². The van der Waals surface area contributed by atoms with Crippen molar-refractivity contribution in [1.82, 2.24) is 4.90 Å². The molecule has 0 bridgehead atoms. The maximum absolute atomic E-state index is 8.36. The van der Waals surface area contributed by atoms with Crippen LogP contribution in [-0.2, 0) is 0 Å². The standard InChI is InChI=1S/C10H20N2/c1-3-5-9-12(4-2)10-7-6-8-11/h3-7,9-10H2,1-2H3. The second-order valence-electron chi connectivity index (χ2n) is 3.05. The Balaban J connectivity index is 3.34. The van der Waals surface area contributed by atoms with Gasteiger partial charge in [0.2, 0.25) is 0 Å². The highest BCUT2D eigenvalue weighted by molar-refractivity contribution is 4.69. The van der Waals surface area contributed by atoms with Crippen LogP contribution in [0.5, 0.6) is 0 Å². The van der Waals surface area contributed by atoms with E-state index >= 15 is 0 Å². The SMILES string of the molecule is CCCCN(CC)CCCC#N. The molecule has 0 saturated heterocycles. The topological polar surface area (TPSA) is 27.0 Å². The van der Waals surface area contributed by atoms with E-state index in [0.717, 1.165) is 19.5 Å². The number of nitriles is 1. The normalized spacial score (nSPS) is 10.2. The van der Waals surface area contributed by atoms with Gasteiger partial charge in [0.1, 0.15) is 0 Å². The van der Waals surface area contributed by atoms with E-state index in [0.29, 0.717) is 6.42 Å². The summed E-state index contributed by atoms with van der Waals surface area (Å²) in [5.74, 6) is 0. The van der Waals surface area contributed by atoms with Gasteiger partial charge in [-0.1, -0.05) is 20.3 Å². The maximum atomic E-state index is 8.36. The highest BCUT2D eigenvalue weighted by Gasteiger charge is 1.99. The van der Waals surface area contributed by atoms with E-state index in [9.17, 15) is 0 Å². The Kier molecular flexibility index (Phi) is 8.15. The first kappa shape index (κ1) is 11.4. The summed E-state index contributed by atoms with van der Waals surface area (Å²) in [5.41, 5.74) is 0. The fourth-order valence-corrected chi connectivity index (χ4v) is 1.19. The van der Waals surface area contributed by atoms with Crippen LogP contribution in [0.3, 0.4) is 0 Å². The molecule has 70 valence electrons. The fourth-order valence-electron chi connectivity index (χ4n) is 1.19. The Hall–Kier alpha value is -0.550. The predicted molar refractivity (Wildman–Crippen MR) is 51.9 cm³/mol. The van der Waals surface area contributed by atoms with Crippen LogP contribution < -0.4 is 0 Å². The Labute approximate surface area is 76.2 Å². The predicted octanol–water partition coefficient (Wildman–Crippen LogP) is 2.41. The fraction of sp³-hybridized carbons (Fsp3) is 0.900. The summed E-state index contributed by atoms with van der Waals surface area (Å²) in [6.45, 7) is 7.79. The second-order valence-corrected chi connectivity index (χ2v) is 3.05. The molecule has 0 saturated carbocycles. The quantitative estimate of drug-likeness (QED) is 0.546. The lowest BCUT2D eigenvalue weighted by Gasteiger charge is -2.18. The van der Waals surface area contributed by atoms with Gasteiger partial charge in [0, 0.05) is 6.42 Å². The monoisotopic (exact) mass is 168 g/mol. The first-order chi connectivity index (χ1) is 5.85. The van der Waals surface area contributed by atoms with Crippen LogP contribution in [0.2, 0.25) is 0 Å². The molecule has 0 aliphatic rings. The molecule has 12 heavy (non-hydrogen) atoms. The van der Waals surface area contributed by atoms with Crippen LogP contribution in [-0.4, -0.2) is 24.5 Å². The maximum Gasteiger partial charge on any atom is 0.0622 e. The molecule has 0 aromatic rings. The van der Waals surface area contributed by atoms with Gasteiger partial charge in [0.25, 0.3) is 0 Å². The molecule has 0 aliphatic heterocycles. The average molecular weight is 168 g/mol. The number of nitrogens with zero attached hydrogens (tertiary/aromatic N) is 2. The molecule has 0 N–H and O–H groups in total. The summed E-state index contributed by atoms with van der Waals surface area (Å²) < 4.78 is 0. The Morgan fingerprint density at radius 3 is 2.33 bits per heavy atom. The van der Waals surface area contributed by atoms with Crippen LogP contribution in [0.15, 0.2) is 0 Å². The van der Waals surface area contributed by atoms with Crippen molar-refractivity contribution in [3.63, 3.8) is 0 Å². The minimum Gasteiger partial charge on any atom is -0.304 e. The molecular formula is C10H20N2. The molecular weight excluding hydrogens is 148 g/mol. The number of hydrogen-bond acceptors (Lipinski definition) is 2. The first-order valence-electron chi connectivity index (χ1n) is 4.94. The molecule has 0 aliphatic carbocycles. The molecule has 0 amide bonds. The van der Waals surface area contributed by atoms with Gasteiger partial charge in [-0.05, 0) is 32.5 Å². The molecule has 0 unspecified atom stereocenters. The van der Waals surface area contributed by atoms with Crippen molar-refractivity contribution in [1.29, 1.82) is 5.26 Å². The van der Waals surface area contributed by atoms with Gasteiger partial charge in [-0.25, -0.2) is 0 Å². The van der Waals surface area contributed by atoms with Gasteiger partial charge in [-0.3, -0.25) is 0 Å². The van der Waals surface area contributed by atoms with E-state index in [-0.39, 0.29) is 0 Å². The van der Waals surface area contributed by atoms with Gasteiger partial charge < -0.3 is 4.90 Å². The van der Waals surface area contributed by atoms with Crippen molar-refractivity contribution >= 4 is 0 Å². The van der Waals surface area contributed by atoms with Crippen LogP contribution >= 0.6 is 0 Å². The van der Waals surface area contributed by atoms with Gasteiger partial charge in [-0.2, -0.15) is 5.26 Å². The molecule has 0 aromatic carbocycles. The van der Waals surface area contributed by atoms with Crippen molar-refractivity contribution in [2.75, 3.05) is 19.6 Å². The second kappa shape index (κ2) is 8.55. The lowest BCUT2D eigenvalue weighted by Crippen LogP contribution is -2.25. The zero-order valence-corrected chi connectivity index (χ0v) is 8.34. The number of unbranched alkanes of at least 4 members (excludes halogenated alkanes) is 2. The molecule has 2 nitrogen and oxygen atoms in total. The third kappa shape index (κ3) is 6.18. The van der Waals surface area contributed by atoms with Crippen molar-refractivity contribution < 1.29 is 0 Å². The van der Waals surface area contributed by atoms with Crippen molar-refractivity contribution in [3.8, 4) is 6.07 Å². The molecule has 2 heteroatoms. The van der Waals surface area contributed by atoms with E-state index in [2.05, 4.69) is 24.8 Å². The number of hydrogen-bond donors (Lipinski definition) is 0. The first-order valence-corrected chi connectivity index (χ1v) is 4.94. The van der Waals surface area contributed by atoms with Crippen LogP contribution in [0.25, 0.3) is 0 Å². The lowest BCUT2D eigenvalue weighted by molar-refractivity contribution is 0.281. The molecule has 0 spiro atoms. The average Bonchev–Trinajstić information content (AvgIpc) is 2.11. The molecule has 0 aromatic heterocycles. The smallest absolute Gasteiger partial charge is 0.0622 e. The largest absolute Gasteiger partial charge is 0.304 e. The Morgan fingerprint density at radius 1 is 1.17 bits per heavy atom. The number of rotatable bonds is 7. The van der Waals surface area contributed by atoms with E-state index in [1.807, 2.05) is 0 Å². The van der Waals surface area contributed by atoms with Crippen LogP contribution in [0, 0.1) is 11.3 Å². The lowest BCUT2D eigenvalue weighted by atomic mass is 10.2.